The Morgan fingerprint density at radius 2 is 0.781 bits per heavy atom. The molecule has 0 saturated heterocycles. The van der Waals surface area contributed by atoms with Crippen molar-refractivity contribution in [2.24, 2.45) is 0 Å². The van der Waals surface area contributed by atoms with Crippen molar-refractivity contribution in [3.8, 4) is 22.5 Å². The maximum Gasteiger partial charge on any atom is 0.0561 e. The van der Waals surface area contributed by atoms with Gasteiger partial charge in [0.1, 0.15) is 0 Å². The molecular formula is C60H44N4. The van der Waals surface area contributed by atoms with Crippen molar-refractivity contribution in [1.82, 2.24) is 9.13 Å². The Balaban J connectivity index is 1.03. The van der Waals surface area contributed by atoms with Gasteiger partial charge in [-0.2, -0.15) is 0 Å². The van der Waals surface area contributed by atoms with Gasteiger partial charge in [-0.05, 0) is 121 Å². The topological polar surface area (TPSA) is 16.3 Å². The average Bonchev–Trinajstić information content (AvgIpc) is 3.88. The number of fused-ring (bicyclic) bond motifs is 6. The van der Waals surface area contributed by atoms with Crippen molar-refractivity contribution >= 4 is 72.0 Å². The highest BCUT2D eigenvalue weighted by Gasteiger charge is 2.21. The van der Waals surface area contributed by atoms with E-state index >= 15 is 0 Å². The van der Waals surface area contributed by atoms with Crippen LogP contribution < -0.4 is 9.80 Å². The van der Waals surface area contributed by atoms with Gasteiger partial charge in [0, 0.05) is 67.1 Å². The second-order valence-corrected chi connectivity index (χ2v) is 16.5. The van der Waals surface area contributed by atoms with Crippen LogP contribution in [-0.4, -0.2) is 9.13 Å². The van der Waals surface area contributed by atoms with Gasteiger partial charge in [0.15, 0.2) is 0 Å². The molecule has 0 N–H and O–H groups in total. The summed E-state index contributed by atoms with van der Waals surface area (Å²) >= 11 is 0. The standard InChI is InChI=1S/C60H44N4/c1-5-18-43(19-6-1)44-32-34-48(35-33-44)62(47-24-11-4-12-25-47)52-37-39-56-54-29-14-16-31-58(54)64(60(56)42-52)50-27-17-26-49(40-50)63-57-30-15-13-28-53(57)55-38-36-51(41-59(55)63)61(45-20-7-2-8-21-45)46-22-9-3-10-23-46/h1-9,11-22,24-42H,10,23H2. The maximum absolute atomic E-state index is 2.45. The minimum absolute atomic E-state index is 0.985. The van der Waals surface area contributed by atoms with Gasteiger partial charge in [0.25, 0.3) is 0 Å². The van der Waals surface area contributed by atoms with Gasteiger partial charge in [-0.3, -0.25) is 0 Å². The van der Waals surface area contributed by atoms with Gasteiger partial charge in [-0.1, -0.05) is 146 Å². The predicted octanol–water partition coefficient (Wildman–Crippen LogP) is 16.4. The molecule has 1 aliphatic rings. The van der Waals surface area contributed by atoms with E-state index in [-0.39, 0.29) is 0 Å². The van der Waals surface area contributed by atoms with E-state index in [1.807, 2.05) is 0 Å². The Bertz CT molecular complexity index is 3540. The first-order chi connectivity index (χ1) is 31.8. The molecule has 2 heterocycles. The predicted molar refractivity (Wildman–Crippen MR) is 270 cm³/mol. The summed E-state index contributed by atoms with van der Waals surface area (Å²) in [5, 5.41) is 4.91. The van der Waals surface area contributed by atoms with Gasteiger partial charge >= 0.3 is 0 Å². The number of hydrogen-bond donors (Lipinski definition) is 0. The number of aromatic nitrogens is 2. The molecule has 11 aromatic rings. The zero-order valence-corrected chi connectivity index (χ0v) is 35.3. The summed E-state index contributed by atoms with van der Waals surface area (Å²) in [5.74, 6) is 0. The van der Waals surface area contributed by atoms with Crippen molar-refractivity contribution in [3.63, 3.8) is 0 Å². The number of nitrogens with zero attached hydrogens (tertiary/aromatic N) is 4. The first kappa shape index (κ1) is 37.4. The maximum atomic E-state index is 2.45. The monoisotopic (exact) mass is 820 g/mol. The second-order valence-electron chi connectivity index (χ2n) is 16.5. The summed E-state index contributed by atoms with van der Waals surface area (Å²) in [4.78, 5) is 4.79. The molecule has 64 heavy (non-hydrogen) atoms. The number of para-hydroxylation sites is 4. The van der Waals surface area contributed by atoms with E-state index in [4.69, 9.17) is 0 Å². The van der Waals surface area contributed by atoms with Crippen molar-refractivity contribution in [3.05, 3.63) is 248 Å². The molecule has 4 heteroatoms. The second kappa shape index (κ2) is 15.8. The summed E-state index contributed by atoms with van der Waals surface area (Å²) in [7, 11) is 0. The number of anilines is 5. The van der Waals surface area contributed by atoms with Crippen LogP contribution in [0, 0.1) is 0 Å². The lowest BCUT2D eigenvalue weighted by molar-refractivity contribution is 0.918. The molecule has 0 unspecified atom stereocenters. The molecule has 0 radical (unpaired) electrons. The summed E-state index contributed by atoms with van der Waals surface area (Å²) < 4.78 is 4.89. The van der Waals surface area contributed by atoms with Crippen LogP contribution in [0.3, 0.4) is 0 Å². The molecule has 9 aromatic carbocycles. The fourth-order valence-corrected chi connectivity index (χ4v) is 9.82. The number of rotatable bonds is 9. The SMILES string of the molecule is C1=CCCC(N(c2ccccc2)c2ccc3c4ccccc4n(-c4cccc(-n5c6ccccc6c6ccc(N(c7ccccc7)c7ccc(-c8ccccc8)cc7)cc65)c4)c3c2)=C1. The lowest BCUT2D eigenvalue weighted by Gasteiger charge is -2.29. The van der Waals surface area contributed by atoms with Gasteiger partial charge in [0.2, 0.25) is 0 Å². The quantitative estimate of drug-likeness (QED) is 0.144. The Labute approximate surface area is 373 Å². The average molecular weight is 821 g/mol. The molecule has 2 aromatic heterocycles. The van der Waals surface area contributed by atoms with Gasteiger partial charge in [-0.15, -0.1) is 0 Å². The smallest absolute Gasteiger partial charge is 0.0561 e. The third kappa shape index (κ3) is 6.47. The van der Waals surface area contributed by atoms with Crippen LogP contribution >= 0.6 is 0 Å². The summed E-state index contributed by atoms with van der Waals surface area (Å²) in [6.07, 6.45) is 8.72. The zero-order valence-electron chi connectivity index (χ0n) is 35.3. The Morgan fingerprint density at radius 3 is 1.34 bits per heavy atom. The highest BCUT2D eigenvalue weighted by atomic mass is 15.2. The molecule has 304 valence electrons. The molecule has 0 spiro atoms. The Morgan fingerprint density at radius 1 is 0.328 bits per heavy atom. The van der Waals surface area contributed by atoms with Crippen LogP contribution in [0.25, 0.3) is 66.1 Å². The fourth-order valence-electron chi connectivity index (χ4n) is 9.82. The molecule has 1 aliphatic carbocycles. The van der Waals surface area contributed by atoms with Gasteiger partial charge in [-0.25, -0.2) is 0 Å². The summed E-state index contributed by atoms with van der Waals surface area (Å²) in [6, 6.07) is 81.5. The molecular weight excluding hydrogens is 777 g/mol. The number of benzene rings is 9. The lowest BCUT2D eigenvalue weighted by atomic mass is 10.0. The number of allylic oxidation sites excluding steroid dienone is 4. The molecule has 4 nitrogen and oxygen atoms in total. The van der Waals surface area contributed by atoms with Crippen LogP contribution in [0.15, 0.2) is 248 Å². The van der Waals surface area contributed by atoms with Crippen LogP contribution in [0.5, 0.6) is 0 Å². The molecule has 0 amide bonds. The van der Waals surface area contributed by atoms with E-state index in [1.165, 1.54) is 54.9 Å². The molecule has 12 rings (SSSR count). The molecule has 0 saturated carbocycles. The lowest BCUT2D eigenvalue weighted by Crippen LogP contribution is -2.17. The molecule has 0 atom stereocenters. The first-order valence-electron chi connectivity index (χ1n) is 22.2. The van der Waals surface area contributed by atoms with E-state index in [2.05, 4.69) is 262 Å². The highest BCUT2D eigenvalue weighted by Crippen LogP contribution is 2.42. The van der Waals surface area contributed by atoms with Gasteiger partial charge < -0.3 is 18.9 Å². The molecule has 0 bridgehead atoms. The van der Waals surface area contributed by atoms with Gasteiger partial charge in [0.05, 0.1) is 22.1 Å². The van der Waals surface area contributed by atoms with E-state index in [1.54, 1.807) is 0 Å². The van der Waals surface area contributed by atoms with E-state index in [0.717, 1.165) is 58.2 Å². The first-order valence-corrected chi connectivity index (χ1v) is 22.2. The van der Waals surface area contributed by atoms with E-state index < -0.39 is 0 Å². The largest absolute Gasteiger partial charge is 0.314 e. The summed E-state index contributed by atoms with van der Waals surface area (Å²) in [6.45, 7) is 0. The molecule has 0 fully saturated rings. The number of hydrogen-bond acceptors (Lipinski definition) is 2. The van der Waals surface area contributed by atoms with Crippen LogP contribution in [-0.2, 0) is 0 Å². The normalized spacial score (nSPS) is 12.6. The minimum atomic E-state index is 0.985. The Hall–Kier alpha value is -8.34. The zero-order chi connectivity index (χ0) is 42.4. The van der Waals surface area contributed by atoms with Crippen LogP contribution in [0.4, 0.5) is 28.4 Å². The highest BCUT2D eigenvalue weighted by molar-refractivity contribution is 6.12. The van der Waals surface area contributed by atoms with Crippen molar-refractivity contribution in [2.75, 3.05) is 9.80 Å². The van der Waals surface area contributed by atoms with Crippen LogP contribution in [0.2, 0.25) is 0 Å². The van der Waals surface area contributed by atoms with Crippen molar-refractivity contribution < 1.29 is 0 Å². The Kier molecular flexibility index (Phi) is 9.27. The third-order valence-electron chi connectivity index (χ3n) is 12.7. The molecule has 0 aliphatic heterocycles. The van der Waals surface area contributed by atoms with Crippen molar-refractivity contribution in [1.29, 1.82) is 0 Å². The third-order valence-corrected chi connectivity index (χ3v) is 12.7. The minimum Gasteiger partial charge on any atom is -0.314 e. The van der Waals surface area contributed by atoms with E-state index in [0.29, 0.717) is 0 Å². The van der Waals surface area contributed by atoms with E-state index in [9.17, 15) is 0 Å². The van der Waals surface area contributed by atoms with Crippen molar-refractivity contribution in [2.45, 2.75) is 12.8 Å². The summed E-state index contributed by atoms with van der Waals surface area (Å²) in [5.41, 5.74) is 16.2. The fraction of sp³-hybridized carbons (Fsp3) is 0.0333. The van der Waals surface area contributed by atoms with Crippen LogP contribution in [0.1, 0.15) is 12.8 Å².